The fourth-order valence-electron chi connectivity index (χ4n) is 0.999. The van der Waals surface area contributed by atoms with Crippen molar-refractivity contribution >= 4 is 12.0 Å². The van der Waals surface area contributed by atoms with E-state index >= 15 is 0 Å². The third kappa shape index (κ3) is 6.60. The fourth-order valence-corrected chi connectivity index (χ4v) is 0.999. The highest BCUT2D eigenvalue weighted by Crippen LogP contribution is 2.04. The maximum Gasteiger partial charge on any atom is 0.175 e. The van der Waals surface area contributed by atoms with E-state index in [9.17, 15) is 20.1 Å². The highest BCUT2D eigenvalue weighted by Gasteiger charge is 2.29. The lowest BCUT2D eigenvalue weighted by atomic mass is 10.0. The summed E-state index contributed by atoms with van der Waals surface area (Å²) in [5, 5.41) is 49.0. The van der Waals surface area contributed by atoms with Crippen LogP contribution in [0.25, 0.3) is 0 Å². The molecule has 19 heavy (non-hydrogen) atoms. The molecule has 0 fully saturated rings. The number of aliphatic hydroxyl groups is 5. The standard InChI is InChI=1S/C11H21NO7/c1-6(2)9(16)5-19-12-3-7(14)10(17)11(18)8(15)4-13/h3,6-8,10-11,13-15,17-18H,4-5H2,1-2H3/b12-3+/t7-,8?,10-,11-/m1/s1. The Kier molecular flexibility index (Phi) is 8.44. The summed E-state index contributed by atoms with van der Waals surface area (Å²) in [6, 6.07) is 0. The van der Waals surface area contributed by atoms with Crippen LogP contribution < -0.4 is 0 Å². The van der Waals surface area contributed by atoms with Crippen LogP contribution in [0.15, 0.2) is 5.16 Å². The molecule has 112 valence electrons. The Labute approximate surface area is 110 Å². The molecule has 0 aromatic carbocycles. The summed E-state index contributed by atoms with van der Waals surface area (Å²) < 4.78 is 0. The molecule has 1 unspecified atom stereocenters. The Morgan fingerprint density at radius 3 is 2.26 bits per heavy atom. The zero-order chi connectivity index (χ0) is 15.0. The molecular formula is C11H21NO7. The molecule has 0 heterocycles. The Hall–Kier alpha value is -1.06. The summed E-state index contributed by atoms with van der Waals surface area (Å²) in [6.07, 6.45) is -5.88. The highest BCUT2D eigenvalue weighted by molar-refractivity contribution is 5.81. The largest absolute Gasteiger partial charge is 0.394 e. The van der Waals surface area contributed by atoms with E-state index in [4.69, 9.17) is 10.2 Å². The van der Waals surface area contributed by atoms with Crippen molar-refractivity contribution in [3.05, 3.63) is 0 Å². The Morgan fingerprint density at radius 2 is 1.79 bits per heavy atom. The minimum atomic E-state index is -1.74. The van der Waals surface area contributed by atoms with Gasteiger partial charge >= 0.3 is 0 Å². The smallest absolute Gasteiger partial charge is 0.175 e. The van der Waals surface area contributed by atoms with Gasteiger partial charge in [-0.15, -0.1) is 0 Å². The van der Waals surface area contributed by atoms with Crippen LogP contribution in [0, 0.1) is 5.92 Å². The Bertz CT molecular complexity index is 295. The lowest BCUT2D eigenvalue weighted by Crippen LogP contribution is -2.46. The van der Waals surface area contributed by atoms with Crippen LogP contribution in [0.5, 0.6) is 0 Å². The van der Waals surface area contributed by atoms with Crippen molar-refractivity contribution in [3.63, 3.8) is 0 Å². The summed E-state index contributed by atoms with van der Waals surface area (Å²) in [5.74, 6) is -0.379. The first-order valence-corrected chi connectivity index (χ1v) is 5.82. The maximum atomic E-state index is 11.1. The van der Waals surface area contributed by atoms with Crippen molar-refractivity contribution < 1.29 is 35.2 Å². The molecule has 0 aromatic heterocycles. The minimum Gasteiger partial charge on any atom is -0.394 e. The van der Waals surface area contributed by atoms with E-state index in [0.29, 0.717) is 0 Å². The van der Waals surface area contributed by atoms with Crippen molar-refractivity contribution in [1.82, 2.24) is 0 Å². The molecule has 0 aliphatic rings. The number of carbonyl (C=O) groups is 1. The van der Waals surface area contributed by atoms with E-state index in [1.165, 1.54) is 0 Å². The molecule has 8 nitrogen and oxygen atoms in total. The highest BCUT2D eigenvalue weighted by atomic mass is 16.6. The molecule has 0 amide bonds. The van der Waals surface area contributed by atoms with Gasteiger partial charge in [0.25, 0.3) is 0 Å². The predicted molar refractivity (Wildman–Crippen MR) is 65.4 cm³/mol. The zero-order valence-corrected chi connectivity index (χ0v) is 10.9. The van der Waals surface area contributed by atoms with Crippen LogP contribution >= 0.6 is 0 Å². The molecule has 0 bridgehead atoms. The van der Waals surface area contributed by atoms with E-state index in [0.717, 1.165) is 6.21 Å². The Morgan fingerprint density at radius 1 is 1.21 bits per heavy atom. The van der Waals surface area contributed by atoms with Gasteiger partial charge in [-0.1, -0.05) is 19.0 Å². The predicted octanol–water partition coefficient (Wildman–Crippen LogP) is -2.35. The van der Waals surface area contributed by atoms with Crippen LogP contribution in [0.2, 0.25) is 0 Å². The van der Waals surface area contributed by atoms with Gasteiger partial charge in [0, 0.05) is 5.92 Å². The lowest BCUT2D eigenvalue weighted by molar-refractivity contribution is -0.126. The quantitative estimate of drug-likeness (QED) is 0.235. The molecule has 4 atom stereocenters. The van der Waals surface area contributed by atoms with Crippen LogP contribution in [-0.4, -0.2) is 75.2 Å². The third-order valence-electron chi connectivity index (χ3n) is 2.42. The molecule has 0 saturated carbocycles. The maximum absolute atomic E-state index is 11.1. The van der Waals surface area contributed by atoms with Gasteiger partial charge in [0.05, 0.1) is 12.8 Å². The van der Waals surface area contributed by atoms with Gasteiger partial charge < -0.3 is 30.4 Å². The van der Waals surface area contributed by atoms with E-state index in [1.807, 2.05) is 0 Å². The van der Waals surface area contributed by atoms with Crippen molar-refractivity contribution in [2.24, 2.45) is 11.1 Å². The molecule has 0 rings (SSSR count). The van der Waals surface area contributed by atoms with Gasteiger partial charge in [0.15, 0.2) is 12.4 Å². The Balaban J connectivity index is 4.15. The number of Topliss-reactive ketones (excluding diaryl/α,β-unsaturated/α-hetero) is 1. The molecule has 8 heteroatoms. The van der Waals surface area contributed by atoms with Crippen molar-refractivity contribution in [2.75, 3.05) is 13.2 Å². The van der Waals surface area contributed by atoms with Gasteiger partial charge in [-0.3, -0.25) is 4.79 Å². The molecular weight excluding hydrogens is 258 g/mol. The SMILES string of the molecule is CC(C)C(=O)CO/N=C/[C@@H](O)[C@@H](O)[C@H](O)C(O)CO. The van der Waals surface area contributed by atoms with Crippen LogP contribution in [-0.2, 0) is 9.63 Å². The average Bonchev–Trinajstić information content (AvgIpc) is 2.39. The van der Waals surface area contributed by atoms with Gasteiger partial charge in [-0.2, -0.15) is 0 Å². The van der Waals surface area contributed by atoms with Gasteiger partial charge in [-0.05, 0) is 0 Å². The number of oxime groups is 1. The lowest BCUT2D eigenvalue weighted by Gasteiger charge is -2.23. The minimum absolute atomic E-state index is 0.178. The summed E-state index contributed by atoms with van der Waals surface area (Å²) in [4.78, 5) is 15.7. The number of rotatable bonds is 9. The zero-order valence-electron chi connectivity index (χ0n) is 10.9. The second-order valence-corrected chi connectivity index (χ2v) is 4.37. The first kappa shape index (κ1) is 17.9. The van der Waals surface area contributed by atoms with Gasteiger partial charge in [0.2, 0.25) is 0 Å². The van der Waals surface area contributed by atoms with Crippen LogP contribution in [0.1, 0.15) is 13.8 Å². The number of nitrogens with zero attached hydrogens (tertiary/aromatic N) is 1. The molecule has 0 radical (unpaired) electrons. The van der Waals surface area contributed by atoms with Crippen molar-refractivity contribution in [1.29, 1.82) is 0 Å². The number of carbonyl (C=O) groups excluding carboxylic acids is 1. The molecule has 0 aliphatic carbocycles. The summed E-state index contributed by atoms with van der Waals surface area (Å²) in [5.41, 5.74) is 0. The van der Waals surface area contributed by atoms with Crippen molar-refractivity contribution in [3.8, 4) is 0 Å². The summed E-state index contributed by atoms with van der Waals surface area (Å²) in [7, 11) is 0. The molecule has 5 N–H and O–H groups in total. The van der Waals surface area contributed by atoms with E-state index in [1.54, 1.807) is 13.8 Å². The second kappa shape index (κ2) is 8.94. The van der Waals surface area contributed by atoms with E-state index in [2.05, 4.69) is 9.99 Å². The monoisotopic (exact) mass is 279 g/mol. The van der Waals surface area contributed by atoms with Crippen LogP contribution in [0.4, 0.5) is 0 Å². The van der Waals surface area contributed by atoms with Crippen molar-refractivity contribution in [2.45, 2.75) is 38.3 Å². The normalized spacial score (nSPS) is 18.3. The third-order valence-corrected chi connectivity index (χ3v) is 2.42. The number of hydrogen-bond donors (Lipinski definition) is 5. The van der Waals surface area contributed by atoms with E-state index < -0.39 is 31.0 Å². The topological polar surface area (TPSA) is 140 Å². The average molecular weight is 279 g/mol. The molecule has 0 aliphatic heterocycles. The first-order valence-electron chi connectivity index (χ1n) is 5.82. The number of aliphatic hydroxyl groups excluding tert-OH is 5. The second-order valence-electron chi connectivity index (χ2n) is 4.37. The first-order chi connectivity index (χ1) is 8.81. The van der Waals surface area contributed by atoms with Gasteiger partial charge in [-0.25, -0.2) is 0 Å². The van der Waals surface area contributed by atoms with Crippen LogP contribution in [0.3, 0.4) is 0 Å². The fraction of sp³-hybridized carbons (Fsp3) is 0.818. The number of ketones is 1. The summed E-state index contributed by atoms with van der Waals surface area (Å²) in [6.45, 7) is 2.36. The summed E-state index contributed by atoms with van der Waals surface area (Å²) >= 11 is 0. The van der Waals surface area contributed by atoms with Gasteiger partial charge in [0.1, 0.15) is 24.4 Å². The van der Waals surface area contributed by atoms with E-state index in [-0.39, 0.29) is 18.3 Å². The molecule has 0 aromatic rings. The molecule has 0 saturated heterocycles. The number of hydrogen-bond acceptors (Lipinski definition) is 8. The molecule has 0 spiro atoms.